The Bertz CT molecular complexity index is 987. The van der Waals surface area contributed by atoms with Gasteiger partial charge in [-0.05, 0) is 37.0 Å². The lowest BCUT2D eigenvalue weighted by Gasteiger charge is -2.25. The van der Waals surface area contributed by atoms with Crippen molar-refractivity contribution in [2.24, 2.45) is 0 Å². The SMILES string of the molecule is Nc1nc(Cc2cccc(F)c2)nc(-c2noc(C(=O)NC3CCC3)n2)n1. The summed E-state index contributed by atoms with van der Waals surface area (Å²) in [6, 6.07) is 6.24. The average Bonchev–Trinajstić information content (AvgIpc) is 3.08. The molecule has 2 heterocycles. The number of nitrogen functional groups attached to an aromatic ring is 1. The number of hydrogen-bond donors (Lipinski definition) is 2. The predicted octanol–water partition coefficient (Wildman–Crippen LogP) is 1.52. The van der Waals surface area contributed by atoms with Gasteiger partial charge in [0.05, 0.1) is 0 Å². The molecule has 1 aliphatic carbocycles. The summed E-state index contributed by atoms with van der Waals surface area (Å²) < 4.78 is 18.3. The smallest absolute Gasteiger partial charge is 0.316 e. The van der Waals surface area contributed by atoms with Crippen LogP contribution in [0.15, 0.2) is 28.8 Å². The Hall–Kier alpha value is -3.43. The molecule has 0 unspecified atom stereocenters. The monoisotopic (exact) mass is 369 g/mol. The number of nitrogens with one attached hydrogen (secondary N) is 1. The molecule has 1 aliphatic rings. The number of anilines is 1. The first kappa shape index (κ1) is 17.0. The van der Waals surface area contributed by atoms with Crippen LogP contribution < -0.4 is 11.1 Å². The van der Waals surface area contributed by atoms with Crippen LogP contribution in [0.3, 0.4) is 0 Å². The van der Waals surface area contributed by atoms with Gasteiger partial charge in [-0.15, -0.1) is 0 Å². The summed E-state index contributed by atoms with van der Waals surface area (Å²) in [7, 11) is 0. The minimum atomic E-state index is -0.430. The van der Waals surface area contributed by atoms with Crippen molar-refractivity contribution in [2.45, 2.75) is 31.7 Å². The molecule has 9 nitrogen and oxygen atoms in total. The number of carbonyl (C=O) groups is 1. The molecular formula is C17H16FN7O2. The summed E-state index contributed by atoms with van der Waals surface area (Å²) in [5.74, 6) is -0.535. The maximum atomic E-state index is 13.3. The van der Waals surface area contributed by atoms with Gasteiger partial charge in [-0.1, -0.05) is 17.3 Å². The molecule has 0 bridgehead atoms. The molecule has 1 amide bonds. The first-order chi connectivity index (χ1) is 13.1. The molecule has 0 atom stereocenters. The van der Waals surface area contributed by atoms with E-state index in [1.807, 2.05) is 0 Å². The van der Waals surface area contributed by atoms with Crippen LogP contribution >= 0.6 is 0 Å². The summed E-state index contributed by atoms with van der Waals surface area (Å²) in [6.07, 6.45) is 3.24. The number of amides is 1. The molecule has 4 rings (SSSR count). The van der Waals surface area contributed by atoms with Crippen LogP contribution in [-0.4, -0.2) is 37.0 Å². The second-order valence-corrected chi connectivity index (χ2v) is 6.26. The van der Waals surface area contributed by atoms with Crippen molar-refractivity contribution < 1.29 is 13.7 Å². The van der Waals surface area contributed by atoms with Crippen molar-refractivity contribution >= 4 is 11.9 Å². The number of aromatic nitrogens is 5. The van der Waals surface area contributed by atoms with Crippen molar-refractivity contribution in [1.29, 1.82) is 0 Å². The second kappa shape index (κ2) is 7.06. The van der Waals surface area contributed by atoms with E-state index in [1.165, 1.54) is 12.1 Å². The van der Waals surface area contributed by atoms with Gasteiger partial charge in [0.25, 0.3) is 0 Å². The Balaban J connectivity index is 1.55. The maximum Gasteiger partial charge on any atom is 0.316 e. The minimum Gasteiger partial charge on any atom is -0.368 e. The van der Waals surface area contributed by atoms with Gasteiger partial charge < -0.3 is 15.6 Å². The summed E-state index contributed by atoms with van der Waals surface area (Å²) in [5.41, 5.74) is 6.42. The Morgan fingerprint density at radius 3 is 2.81 bits per heavy atom. The van der Waals surface area contributed by atoms with Crippen LogP contribution in [0.1, 0.15) is 41.3 Å². The van der Waals surface area contributed by atoms with Gasteiger partial charge in [0.2, 0.25) is 17.6 Å². The fourth-order valence-electron chi connectivity index (χ4n) is 2.65. The fraction of sp³-hybridized carbons (Fsp3) is 0.294. The molecule has 3 aromatic rings. The molecule has 0 saturated heterocycles. The van der Waals surface area contributed by atoms with Crippen molar-refractivity contribution in [2.75, 3.05) is 5.73 Å². The molecule has 0 aliphatic heterocycles. The molecule has 0 spiro atoms. The van der Waals surface area contributed by atoms with Crippen LogP contribution in [-0.2, 0) is 6.42 Å². The Labute approximate surface area is 153 Å². The lowest BCUT2D eigenvalue weighted by molar-refractivity contribution is 0.0872. The van der Waals surface area contributed by atoms with E-state index in [-0.39, 0.29) is 41.8 Å². The molecule has 3 N–H and O–H groups in total. The summed E-state index contributed by atoms with van der Waals surface area (Å²) in [6.45, 7) is 0. The molecule has 1 saturated carbocycles. The predicted molar refractivity (Wildman–Crippen MR) is 91.8 cm³/mol. The van der Waals surface area contributed by atoms with E-state index in [0.717, 1.165) is 19.3 Å². The molecule has 2 aromatic heterocycles. The van der Waals surface area contributed by atoms with Crippen molar-refractivity contribution in [3.8, 4) is 11.6 Å². The topological polar surface area (TPSA) is 133 Å². The van der Waals surface area contributed by atoms with E-state index in [2.05, 4.69) is 30.4 Å². The first-order valence-corrected chi connectivity index (χ1v) is 8.46. The van der Waals surface area contributed by atoms with Crippen LogP contribution in [0.25, 0.3) is 11.6 Å². The van der Waals surface area contributed by atoms with E-state index in [9.17, 15) is 9.18 Å². The normalized spacial score (nSPS) is 14.0. The zero-order valence-corrected chi connectivity index (χ0v) is 14.2. The van der Waals surface area contributed by atoms with Gasteiger partial charge in [0.15, 0.2) is 0 Å². The quantitative estimate of drug-likeness (QED) is 0.691. The second-order valence-electron chi connectivity index (χ2n) is 6.26. The van der Waals surface area contributed by atoms with Gasteiger partial charge in [0.1, 0.15) is 11.6 Å². The van der Waals surface area contributed by atoms with Gasteiger partial charge in [-0.3, -0.25) is 4.79 Å². The number of nitrogens with zero attached hydrogens (tertiary/aromatic N) is 5. The summed E-state index contributed by atoms with van der Waals surface area (Å²) in [5, 5.41) is 6.56. The lowest BCUT2D eigenvalue weighted by atomic mass is 9.93. The maximum absolute atomic E-state index is 13.3. The largest absolute Gasteiger partial charge is 0.368 e. The number of nitrogens with two attached hydrogens (primary N) is 1. The molecule has 27 heavy (non-hydrogen) atoms. The highest BCUT2D eigenvalue weighted by Crippen LogP contribution is 2.19. The van der Waals surface area contributed by atoms with E-state index < -0.39 is 5.91 Å². The van der Waals surface area contributed by atoms with Gasteiger partial charge in [-0.25, -0.2) is 9.37 Å². The lowest BCUT2D eigenvalue weighted by Crippen LogP contribution is -2.39. The van der Waals surface area contributed by atoms with E-state index in [0.29, 0.717) is 11.4 Å². The number of carbonyl (C=O) groups excluding carboxylic acids is 1. The summed E-state index contributed by atoms with van der Waals surface area (Å²) in [4.78, 5) is 28.4. The fourth-order valence-corrected chi connectivity index (χ4v) is 2.65. The Morgan fingerprint density at radius 1 is 1.22 bits per heavy atom. The number of halogens is 1. The molecular weight excluding hydrogens is 353 g/mol. The van der Waals surface area contributed by atoms with Crippen LogP contribution in [0.4, 0.5) is 10.3 Å². The van der Waals surface area contributed by atoms with Crippen molar-refractivity contribution in [3.63, 3.8) is 0 Å². The van der Waals surface area contributed by atoms with Crippen LogP contribution in [0.5, 0.6) is 0 Å². The molecule has 1 aromatic carbocycles. The standard InChI is InChI=1S/C17H16FN7O2/c18-10-4-1-3-9(7-10)8-12-21-13(24-17(19)22-12)14-23-16(27-25-14)15(26)20-11-5-2-6-11/h1,3-4,7,11H,2,5-6,8H2,(H,20,26)(H2,19,21,22,24). The number of benzene rings is 1. The third kappa shape index (κ3) is 3.89. The Kier molecular flexibility index (Phi) is 4.45. The highest BCUT2D eigenvalue weighted by Gasteiger charge is 2.24. The van der Waals surface area contributed by atoms with Crippen molar-refractivity contribution in [1.82, 2.24) is 30.4 Å². The van der Waals surface area contributed by atoms with Crippen molar-refractivity contribution in [3.05, 3.63) is 47.4 Å². The summed E-state index contributed by atoms with van der Waals surface area (Å²) >= 11 is 0. The molecule has 0 radical (unpaired) electrons. The first-order valence-electron chi connectivity index (χ1n) is 8.46. The number of hydrogen-bond acceptors (Lipinski definition) is 8. The molecule has 138 valence electrons. The van der Waals surface area contributed by atoms with Gasteiger partial charge in [-0.2, -0.15) is 15.0 Å². The highest BCUT2D eigenvalue weighted by atomic mass is 19.1. The van der Waals surface area contributed by atoms with Gasteiger partial charge in [0, 0.05) is 12.5 Å². The average molecular weight is 369 g/mol. The Morgan fingerprint density at radius 2 is 2.07 bits per heavy atom. The van der Waals surface area contributed by atoms with E-state index in [4.69, 9.17) is 10.3 Å². The number of rotatable bonds is 5. The zero-order valence-electron chi connectivity index (χ0n) is 14.2. The third-order valence-corrected chi connectivity index (χ3v) is 4.21. The van der Waals surface area contributed by atoms with Crippen LogP contribution in [0.2, 0.25) is 0 Å². The van der Waals surface area contributed by atoms with Crippen LogP contribution in [0, 0.1) is 5.82 Å². The molecule has 1 fully saturated rings. The van der Waals surface area contributed by atoms with Gasteiger partial charge >= 0.3 is 11.8 Å². The highest BCUT2D eigenvalue weighted by molar-refractivity contribution is 5.90. The zero-order chi connectivity index (χ0) is 18.8. The molecule has 10 heteroatoms. The van der Waals surface area contributed by atoms with E-state index in [1.54, 1.807) is 12.1 Å². The third-order valence-electron chi connectivity index (χ3n) is 4.21. The van der Waals surface area contributed by atoms with E-state index >= 15 is 0 Å². The minimum absolute atomic E-state index is 0.0309.